The number of thiazole rings is 1. The highest BCUT2D eigenvalue weighted by molar-refractivity contribution is 7.14. The van der Waals surface area contributed by atoms with Crippen molar-refractivity contribution >= 4 is 62.9 Å². The van der Waals surface area contributed by atoms with Crippen molar-refractivity contribution in [2.75, 3.05) is 4.90 Å². The number of carboxylic acid groups (broad SMARTS) is 1. The predicted molar refractivity (Wildman–Crippen MR) is 140 cm³/mol. The minimum absolute atomic E-state index is 0.0449. The molecule has 5 nitrogen and oxygen atoms in total. The molecule has 0 spiro atoms. The van der Waals surface area contributed by atoms with E-state index in [2.05, 4.69) is 26.0 Å². The third-order valence-corrected chi connectivity index (χ3v) is 7.70. The van der Waals surface area contributed by atoms with Crippen LogP contribution in [0.1, 0.15) is 50.9 Å². The van der Waals surface area contributed by atoms with E-state index >= 15 is 0 Å². The number of hydrogen-bond donors (Lipinski definition) is 1. The Morgan fingerprint density at radius 3 is 2.29 bits per heavy atom. The Morgan fingerprint density at radius 1 is 1.03 bits per heavy atom. The van der Waals surface area contributed by atoms with Gasteiger partial charge in [-0.3, -0.25) is 9.69 Å². The van der Waals surface area contributed by atoms with Crippen LogP contribution in [0.3, 0.4) is 0 Å². The number of benzene rings is 2. The Hall–Kier alpha value is -2.71. The van der Waals surface area contributed by atoms with Crippen molar-refractivity contribution in [3.63, 3.8) is 0 Å². The lowest BCUT2D eigenvalue weighted by Crippen LogP contribution is -2.31. The van der Waals surface area contributed by atoms with E-state index in [1.54, 1.807) is 0 Å². The maximum Gasteiger partial charge on any atom is 0.336 e. The summed E-state index contributed by atoms with van der Waals surface area (Å²) in [5, 5.41) is 14.1. The molecular weight excluding hydrogens is 511 g/mol. The summed E-state index contributed by atoms with van der Waals surface area (Å²) in [4.78, 5) is 32.6. The fourth-order valence-corrected chi connectivity index (χ4v) is 5.24. The summed E-state index contributed by atoms with van der Waals surface area (Å²) < 4.78 is 0. The molecule has 2 aromatic carbocycles. The molecule has 1 amide bonds. The largest absolute Gasteiger partial charge is 0.478 e. The summed E-state index contributed by atoms with van der Waals surface area (Å²) in [6.45, 7) is 4.52. The fraction of sp³-hybridized carbons (Fsp3) is 0.160. The van der Waals surface area contributed by atoms with Gasteiger partial charge >= 0.3 is 5.97 Å². The lowest BCUT2D eigenvalue weighted by molar-refractivity contribution is 0.0692. The van der Waals surface area contributed by atoms with Crippen molar-refractivity contribution in [2.45, 2.75) is 26.3 Å². The number of aromatic nitrogens is 1. The zero-order valence-electron chi connectivity index (χ0n) is 18.3. The molecule has 0 saturated heterocycles. The summed E-state index contributed by atoms with van der Waals surface area (Å²) in [5.74, 6) is -1.35. The number of carbonyl (C=O) groups is 2. The molecule has 0 saturated carbocycles. The van der Waals surface area contributed by atoms with E-state index in [1.807, 2.05) is 35.0 Å². The molecule has 9 heteroatoms. The Morgan fingerprint density at radius 2 is 1.71 bits per heavy atom. The molecule has 2 aromatic heterocycles. The van der Waals surface area contributed by atoms with Gasteiger partial charge in [-0.25, -0.2) is 9.78 Å². The molecule has 0 radical (unpaired) electrons. The van der Waals surface area contributed by atoms with Gasteiger partial charge in [-0.1, -0.05) is 67.4 Å². The van der Waals surface area contributed by atoms with Crippen molar-refractivity contribution in [2.24, 2.45) is 0 Å². The molecule has 0 unspecified atom stereocenters. The van der Waals surface area contributed by atoms with Gasteiger partial charge in [0.25, 0.3) is 5.91 Å². The highest BCUT2D eigenvalue weighted by Crippen LogP contribution is 2.33. The van der Waals surface area contributed by atoms with Gasteiger partial charge in [0.05, 0.1) is 33.4 Å². The second-order valence-corrected chi connectivity index (χ2v) is 10.6. The number of nitrogens with zero attached hydrogens (tertiary/aromatic N) is 2. The normalized spacial score (nSPS) is 11.1. The van der Waals surface area contributed by atoms with Gasteiger partial charge in [0.15, 0.2) is 5.13 Å². The van der Waals surface area contributed by atoms with Gasteiger partial charge in [0.2, 0.25) is 0 Å². The van der Waals surface area contributed by atoms with Crippen molar-refractivity contribution < 1.29 is 14.7 Å². The van der Waals surface area contributed by atoms with Crippen LogP contribution in [0, 0.1) is 0 Å². The lowest BCUT2D eigenvalue weighted by Gasteiger charge is -2.20. The first kappa shape index (κ1) is 24.4. The van der Waals surface area contributed by atoms with Gasteiger partial charge in [-0.05, 0) is 35.1 Å². The summed E-state index contributed by atoms with van der Waals surface area (Å²) >= 11 is 15.0. The summed E-state index contributed by atoms with van der Waals surface area (Å²) in [6, 6.07) is 14.5. The molecule has 34 heavy (non-hydrogen) atoms. The molecule has 0 bridgehead atoms. The number of anilines is 1. The maximum atomic E-state index is 13.7. The molecule has 0 aliphatic carbocycles. The number of carboxylic acids is 1. The Kier molecular flexibility index (Phi) is 7.38. The van der Waals surface area contributed by atoms with Crippen LogP contribution in [0.15, 0.2) is 59.3 Å². The minimum Gasteiger partial charge on any atom is -0.478 e. The van der Waals surface area contributed by atoms with Crippen LogP contribution in [-0.4, -0.2) is 22.0 Å². The van der Waals surface area contributed by atoms with E-state index in [1.165, 1.54) is 45.3 Å². The lowest BCUT2D eigenvalue weighted by atomic mass is 10.0. The number of halogens is 2. The van der Waals surface area contributed by atoms with Gasteiger partial charge in [-0.15, -0.1) is 22.7 Å². The second-order valence-electron chi connectivity index (χ2n) is 7.88. The topological polar surface area (TPSA) is 70.5 Å². The van der Waals surface area contributed by atoms with Crippen molar-refractivity contribution in [3.8, 4) is 11.3 Å². The van der Waals surface area contributed by atoms with Crippen LogP contribution in [0.5, 0.6) is 0 Å². The van der Waals surface area contributed by atoms with Crippen molar-refractivity contribution in [1.82, 2.24) is 4.98 Å². The number of thiophene rings is 1. The standard InChI is InChI=1S/C25H20Cl2N2O3S2/c1-14(2)15-5-7-16(8-6-15)22-13-34-25(28-22)29(12-17-4-3-9-33-17)23(30)18-10-20(26)21(27)11-19(18)24(31)32/h3-11,13-14H,12H2,1-2H3,(H,31,32). The molecule has 2 heterocycles. The van der Waals surface area contributed by atoms with E-state index < -0.39 is 11.9 Å². The molecule has 4 rings (SSSR count). The van der Waals surface area contributed by atoms with Crippen molar-refractivity contribution in [3.05, 3.63) is 90.9 Å². The Balaban J connectivity index is 1.74. The number of hydrogen-bond acceptors (Lipinski definition) is 5. The molecule has 0 fully saturated rings. The minimum atomic E-state index is -1.26. The third kappa shape index (κ3) is 5.18. The smallest absolute Gasteiger partial charge is 0.336 e. The molecule has 174 valence electrons. The number of carbonyl (C=O) groups excluding carboxylic acids is 1. The number of rotatable bonds is 7. The molecule has 0 aliphatic heterocycles. The van der Waals surface area contributed by atoms with Crippen molar-refractivity contribution in [1.29, 1.82) is 0 Å². The first-order chi connectivity index (χ1) is 16.2. The van der Waals surface area contributed by atoms with Gasteiger partial charge in [0, 0.05) is 15.8 Å². The second kappa shape index (κ2) is 10.3. The van der Waals surface area contributed by atoms with Crippen LogP contribution in [-0.2, 0) is 6.54 Å². The highest BCUT2D eigenvalue weighted by Gasteiger charge is 2.27. The monoisotopic (exact) mass is 530 g/mol. The Bertz CT molecular complexity index is 1330. The van der Waals surface area contributed by atoms with Crippen LogP contribution in [0.4, 0.5) is 5.13 Å². The highest BCUT2D eigenvalue weighted by atomic mass is 35.5. The Labute approximate surface area is 215 Å². The maximum absolute atomic E-state index is 13.7. The molecule has 0 atom stereocenters. The molecule has 4 aromatic rings. The van der Waals surface area contributed by atoms with Crippen LogP contribution >= 0.6 is 45.9 Å². The van der Waals surface area contributed by atoms with E-state index in [9.17, 15) is 14.7 Å². The average Bonchev–Trinajstić information content (AvgIpc) is 3.51. The zero-order chi connectivity index (χ0) is 24.4. The van der Waals surface area contributed by atoms with Gasteiger partial charge < -0.3 is 5.11 Å². The van der Waals surface area contributed by atoms with Crippen LogP contribution in [0.2, 0.25) is 10.0 Å². The van der Waals surface area contributed by atoms with E-state index in [4.69, 9.17) is 28.2 Å². The number of aromatic carboxylic acids is 1. The van der Waals surface area contributed by atoms with Crippen LogP contribution < -0.4 is 4.90 Å². The molecular formula is C25H20Cl2N2O3S2. The first-order valence-electron chi connectivity index (χ1n) is 10.4. The first-order valence-corrected chi connectivity index (χ1v) is 12.9. The van der Waals surface area contributed by atoms with Gasteiger partial charge in [0.1, 0.15) is 0 Å². The zero-order valence-corrected chi connectivity index (χ0v) is 21.4. The van der Waals surface area contributed by atoms with Crippen LogP contribution in [0.25, 0.3) is 11.3 Å². The predicted octanol–water partition coefficient (Wildman–Crippen LogP) is 7.85. The third-order valence-electron chi connectivity index (χ3n) is 5.26. The van der Waals surface area contributed by atoms with Gasteiger partial charge in [-0.2, -0.15) is 0 Å². The summed E-state index contributed by atoms with van der Waals surface area (Å²) in [5.41, 5.74) is 2.66. The fourth-order valence-electron chi connectivity index (χ4n) is 3.39. The average molecular weight is 531 g/mol. The SMILES string of the molecule is CC(C)c1ccc(-c2csc(N(Cc3cccs3)C(=O)c3cc(Cl)c(Cl)cc3C(=O)O)n2)cc1. The van der Waals surface area contributed by atoms with E-state index in [0.717, 1.165) is 16.1 Å². The summed E-state index contributed by atoms with van der Waals surface area (Å²) in [7, 11) is 0. The van der Waals surface area contributed by atoms with E-state index in [-0.39, 0.29) is 27.7 Å². The summed E-state index contributed by atoms with van der Waals surface area (Å²) in [6.07, 6.45) is 0. The number of amides is 1. The van der Waals surface area contributed by atoms with E-state index in [0.29, 0.717) is 11.0 Å². The molecule has 0 aliphatic rings. The quantitative estimate of drug-likeness (QED) is 0.264. The molecule has 1 N–H and O–H groups in total.